The first kappa shape index (κ1) is 18.7. The summed E-state index contributed by atoms with van der Waals surface area (Å²) in [5.74, 6) is 0.446. The second kappa shape index (κ2) is 8.48. The van der Waals surface area contributed by atoms with Crippen LogP contribution in [0.5, 0.6) is 5.75 Å². The molecule has 1 N–H and O–H groups in total. The van der Waals surface area contributed by atoms with Gasteiger partial charge >= 0.3 is 0 Å². The first-order valence-corrected chi connectivity index (χ1v) is 9.65. The first-order chi connectivity index (χ1) is 12.0. The molecule has 0 aliphatic heterocycles. The van der Waals surface area contributed by atoms with Crippen LogP contribution >= 0.6 is 0 Å². The van der Waals surface area contributed by atoms with Crippen molar-refractivity contribution in [3.05, 3.63) is 60.2 Å². The summed E-state index contributed by atoms with van der Waals surface area (Å²) in [6.07, 6.45) is 3.09. The molecule has 0 bridgehead atoms. The minimum absolute atomic E-state index is 0.0423. The van der Waals surface area contributed by atoms with Crippen LogP contribution in [0, 0.1) is 0 Å². The second-order valence-corrected chi connectivity index (χ2v) is 7.50. The minimum atomic E-state index is -3.24. The Morgan fingerprint density at radius 2 is 1.76 bits per heavy atom. The van der Waals surface area contributed by atoms with E-state index >= 15 is 0 Å². The van der Waals surface area contributed by atoms with Crippen LogP contribution in [0.25, 0.3) is 6.08 Å². The Balaban J connectivity index is 2.05. The van der Waals surface area contributed by atoms with Gasteiger partial charge in [0, 0.05) is 17.3 Å². The number of hydrogen-bond donors (Lipinski definition) is 1. The summed E-state index contributed by atoms with van der Waals surface area (Å²) in [7, 11) is -3.24. The number of anilines is 1. The minimum Gasteiger partial charge on any atom is -0.493 e. The average Bonchev–Trinajstić information content (AvgIpc) is 2.62. The largest absolute Gasteiger partial charge is 0.493 e. The van der Waals surface area contributed by atoms with Crippen molar-refractivity contribution in [3.8, 4) is 5.75 Å². The van der Waals surface area contributed by atoms with Crippen molar-refractivity contribution in [2.24, 2.45) is 0 Å². The number of hydrogen-bond acceptors (Lipinski definition) is 4. The molecule has 0 aromatic heterocycles. The molecule has 25 heavy (non-hydrogen) atoms. The van der Waals surface area contributed by atoms with Crippen molar-refractivity contribution in [2.75, 3.05) is 17.7 Å². The topological polar surface area (TPSA) is 72.5 Å². The Labute approximate surface area is 148 Å². The number of carbonyl (C=O) groups is 1. The van der Waals surface area contributed by atoms with Gasteiger partial charge < -0.3 is 10.1 Å². The van der Waals surface area contributed by atoms with Crippen molar-refractivity contribution < 1.29 is 17.9 Å². The van der Waals surface area contributed by atoms with E-state index in [0.717, 1.165) is 5.56 Å². The van der Waals surface area contributed by atoms with Gasteiger partial charge in [0.1, 0.15) is 5.75 Å². The molecule has 2 aromatic rings. The van der Waals surface area contributed by atoms with Crippen LogP contribution in [0.1, 0.15) is 19.4 Å². The van der Waals surface area contributed by atoms with E-state index in [2.05, 4.69) is 5.32 Å². The summed E-state index contributed by atoms with van der Waals surface area (Å²) in [4.78, 5) is 12.3. The Bertz CT molecular complexity index is 855. The van der Waals surface area contributed by atoms with Gasteiger partial charge in [0.2, 0.25) is 5.91 Å². The van der Waals surface area contributed by atoms with Crippen LogP contribution in [0.15, 0.2) is 59.5 Å². The standard InChI is InChI=1S/C19H21NO4S/c1-3-24-18-8-6-5-7-15(18)9-14-19(21)20-16-10-12-17(13-11-16)25(22,23)4-2/h5-14H,3-4H2,1-2H3,(H,20,21)/b14-9+. The lowest BCUT2D eigenvalue weighted by molar-refractivity contribution is -0.111. The third kappa shape index (κ3) is 5.19. The van der Waals surface area contributed by atoms with Crippen LogP contribution in [-0.2, 0) is 14.6 Å². The fraction of sp³-hybridized carbons (Fsp3) is 0.211. The van der Waals surface area contributed by atoms with E-state index in [1.165, 1.54) is 18.2 Å². The number of amides is 1. The molecule has 5 nitrogen and oxygen atoms in total. The summed E-state index contributed by atoms with van der Waals surface area (Å²) >= 11 is 0. The predicted octanol–water partition coefficient (Wildman–Crippen LogP) is 3.53. The molecule has 6 heteroatoms. The number of rotatable bonds is 7. The molecular weight excluding hydrogens is 338 g/mol. The van der Waals surface area contributed by atoms with Crippen molar-refractivity contribution in [1.82, 2.24) is 0 Å². The molecular formula is C19H21NO4S. The van der Waals surface area contributed by atoms with Gasteiger partial charge in [-0.3, -0.25) is 4.79 Å². The summed E-state index contributed by atoms with van der Waals surface area (Å²) in [5, 5.41) is 2.70. The van der Waals surface area contributed by atoms with E-state index in [1.807, 2.05) is 31.2 Å². The molecule has 0 aliphatic carbocycles. The molecule has 0 radical (unpaired) electrons. The molecule has 0 spiro atoms. The first-order valence-electron chi connectivity index (χ1n) is 8.00. The molecule has 0 aliphatic rings. The zero-order valence-electron chi connectivity index (χ0n) is 14.2. The Morgan fingerprint density at radius 3 is 2.40 bits per heavy atom. The molecule has 1 amide bonds. The van der Waals surface area contributed by atoms with Crippen LogP contribution in [0.2, 0.25) is 0 Å². The quantitative estimate of drug-likeness (QED) is 0.768. The van der Waals surface area contributed by atoms with Gasteiger partial charge in [-0.15, -0.1) is 0 Å². The number of para-hydroxylation sites is 1. The molecule has 0 unspecified atom stereocenters. The Hall–Kier alpha value is -2.60. The van der Waals surface area contributed by atoms with Crippen molar-refractivity contribution in [1.29, 1.82) is 0 Å². The Morgan fingerprint density at radius 1 is 1.08 bits per heavy atom. The van der Waals surface area contributed by atoms with Crippen molar-refractivity contribution >= 4 is 27.5 Å². The fourth-order valence-electron chi connectivity index (χ4n) is 2.17. The predicted molar refractivity (Wildman–Crippen MR) is 99.4 cm³/mol. The van der Waals surface area contributed by atoms with Gasteiger partial charge in [-0.2, -0.15) is 0 Å². The van der Waals surface area contributed by atoms with Gasteiger partial charge in [0.15, 0.2) is 9.84 Å². The van der Waals surface area contributed by atoms with Crippen LogP contribution in [0.4, 0.5) is 5.69 Å². The lowest BCUT2D eigenvalue weighted by Gasteiger charge is -2.07. The normalized spacial score (nSPS) is 11.4. The van der Waals surface area contributed by atoms with Gasteiger partial charge in [-0.25, -0.2) is 8.42 Å². The molecule has 2 rings (SSSR count). The van der Waals surface area contributed by atoms with Crippen molar-refractivity contribution in [3.63, 3.8) is 0 Å². The van der Waals surface area contributed by atoms with Gasteiger partial charge in [-0.05, 0) is 43.3 Å². The molecule has 2 aromatic carbocycles. The monoisotopic (exact) mass is 359 g/mol. The third-order valence-electron chi connectivity index (χ3n) is 3.49. The van der Waals surface area contributed by atoms with E-state index < -0.39 is 9.84 Å². The molecule has 0 saturated carbocycles. The maximum Gasteiger partial charge on any atom is 0.248 e. The number of nitrogens with one attached hydrogen (secondary N) is 1. The van der Waals surface area contributed by atoms with Crippen LogP contribution in [-0.4, -0.2) is 26.7 Å². The molecule has 132 valence electrons. The lowest BCUT2D eigenvalue weighted by Crippen LogP contribution is -2.08. The summed E-state index contributed by atoms with van der Waals surface area (Å²) in [6.45, 7) is 4.04. The van der Waals surface area contributed by atoms with E-state index in [9.17, 15) is 13.2 Å². The SMILES string of the molecule is CCOc1ccccc1/C=C/C(=O)Nc1ccc(S(=O)(=O)CC)cc1. The highest BCUT2D eigenvalue weighted by Gasteiger charge is 2.11. The van der Waals surface area contributed by atoms with Crippen molar-refractivity contribution in [2.45, 2.75) is 18.7 Å². The summed E-state index contributed by atoms with van der Waals surface area (Å²) in [5.41, 5.74) is 1.34. The number of benzene rings is 2. The highest BCUT2D eigenvalue weighted by atomic mass is 32.2. The highest BCUT2D eigenvalue weighted by molar-refractivity contribution is 7.91. The summed E-state index contributed by atoms with van der Waals surface area (Å²) < 4.78 is 29.0. The third-order valence-corrected chi connectivity index (χ3v) is 5.24. The fourth-order valence-corrected chi connectivity index (χ4v) is 3.05. The molecule has 0 heterocycles. The number of ether oxygens (including phenoxy) is 1. The van der Waals surface area contributed by atoms with E-state index in [0.29, 0.717) is 18.0 Å². The van der Waals surface area contributed by atoms with Gasteiger partial charge in [0.05, 0.1) is 17.3 Å². The lowest BCUT2D eigenvalue weighted by atomic mass is 10.2. The smallest absolute Gasteiger partial charge is 0.248 e. The maximum absolute atomic E-state index is 12.0. The zero-order valence-corrected chi connectivity index (χ0v) is 15.0. The van der Waals surface area contributed by atoms with Crippen LogP contribution < -0.4 is 10.1 Å². The van der Waals surface area contributed by atoms with Gasteiger partial charge in [0.25, 0.3) is 0 Å². The summed E-state index contributed by atoms with van der Waals surface area (Å²) in [6, 6.07) is 13.6. The van der Waals surface area contributed by atoms with E-state index in [-0.39, 0.29) is 16.6 Å². The molecule has 0 atom stereocenters. The average molecular weight is 359 g/mol. The molecule has 0 saturated heterocycles. The number of carbonyl (C=O) groups excluding carboxylic acids is 1. The van der Waals surface area contributed by atoms with E-state index in [4.69, 9.17) is 4.74 Å². The second-order valence-electron chi connectivity index (χ2n) is 5.22. The van der Waals surface area contributed by atoms with Crippen LogP contribution in [0.3, 0.4) is 0 Å². The maximum atomic E-state index is 12.0. The highest BCUT2D eigenvalue weighted by Crippen LogP contribution is 2.19. The molecule has 0 fully saturated rings. The zero-order chi connectivity index (χ0) is 18.3. The Kier molecular flexibility index (Phi) is 6.36. The van der Waals surface area contributed by atoms with Gasteiger partial charge in [-0.1, -0.05) is 25.1 Å². The van der Waals surface area contributed by atoms with E-state index in [1.54, 1.807) is 25.1 Å². The number of sulfone groups is 1.